The van der Waals surface area contributed by atoms with Gasteiger partial charge in [0.05, 0.1) is 19.8 Å². The second-order valence-electron chi connectivity index (χ2n) is 6.04. The van der Waals surface area contributed by atoms with Crippen molar-refractivity contribution in [2.45, 2.75) is 13.5 Å². The number of azo groups is 1. The van der Waals surface area contributed by atoms with Gasteiger partial charge in [-0.2, -0.15) is 5.11 Å². The summed E-state index contributed by atoms with van der Waals surface area (Å²) in [6, 6.07) is 11.8. The van der Waals surface area contributed by atoms with Gasteiger partial charge in [0.1, 0.15) is 12.4 Å². The van der Waals surface area contributed by atoms with Gasteiger partial charge in [-0.05, 0) is 36.2 Å². The first-order valence-corrected chi connectivity index (χ1v) is 8.61. The quantitative estimate of drug-likeness (QED) is 0.725. The minimum absolute atomic E-state index is 0.510. The minimum Gasteiger partial charge on any atom is -0.492 e. The van der Waals surface area contributed by atoms with Crippen molar-refractivity contribution in [3.63, 3.8) is 0 Å². The number of aromatic nitrogens is 1. The van der Waals surface area contributed by atoms with E-state index in [1.165, 1.54) is 0 Å². The highest BCUT2D eigenvalue weighted by Gasteiger charge is 2.09. The molecule has 0 amide bonds. The molecule has 6 nitrogen and oxygen atoms in total. The van der Waals surface area contributed by atoms with E-state index in [1.54, 1.807) is 6.20 Å². The van der Waals surface area contributed by atoms with Crippen molar-refractivity contribution >= 4 is 5.82 Å². The number of aryl methyl sites for hydroxylation is 1. The van der Waals surface area contributed by atoms with E-state index in [9.17, 15) is 0 Å². The van der Waals surface area contributed by atoms with Crippen LogP contribution in [0.3, 0.4) is 0 Å². The summed E-state index contributed by atoms with van der Waals surface area (Å²) in [5.74, 6) is 1.50. The fourth-order valence-electron chi connectivity index (χ4n) is 2.56. The molecule has 0 saturated carbocycles. The van der Waals surface area contributed by atoms with Crippen molar-refractivity contribution in [3.8, 4) is 5.75 Å². The molecule has 132 valence electrons. The van der Waals surface area contributed by atoms with Crippen LogP contribution < -0.4 is 4.74 Å². The van der Waals surface area contributed by atoms with Gasteiger partial charge in [-0.1, -0.05) is 18.2 Å². The Morgan fingerprint density at radius 1 is 1.20 bits per heavy atom. The number of benzene rings is 1. The lowest BCUT2D eigenvalue weighted by atomic mass is 10.2. The SMILES string of the molecule is Cc1ccc(N=NCc2cccc(OCCN3CCOCC3)c2)nc1. The zero-order valence-electron chi connectivity index (χ0n) is 14.6. The highest BCUT2D eigenvalue weighted by molar-refractivity contribution is 5.29. The van der Waals surface area contributed by atoms with Crippen LogP contribution in [0.25, 0.3) is 0 Å². The molecule has 1 fully saturated rings. The van der Waals surface area contributed by atoms with E-state index in [1.807, 2.05) is 43.3 Å². The average Bonchev–Trinajstić information content (AvgIpc) is 2.65. The van der Waals surface area contributed by atoms with Gasteiger partial charge in [-0.25, -0.2) is 4.98 Å². The Morgan fingerprint density at radius 3 is 2.88 bits per heavy atom. The second kappa shape index (κ2) is 9.25. The van der Waals surface area contributed by atoms with Crippen LogP contribution in [-0.4, -0.2) is 49.3 Å². The van der Waals surface area contributed by atoms with Crippen LogP contribution >= 0.6 is 0 Å². The Hall–Kier alpha value is -2.31. The molecule has 0 unspecified atom stereocenters. The summed E-state index contributed by atoms with van der Waals surface area (Å²) >= 11 is 0. The molecule has 0 spiro atoms. The van der Waals surface area contributed by atoms with Crippen molar-refractivity contribution in [1.82, 2.24) is 9.88 Å². The summed E-state index contributed by atoms with van der Waals surface area (Å²) in [6.45, 7) is 7.71. The summed E-state index contributed by atoms with van der Waals surface area (Å²) < 4.78 is 11.2. The third kappa shape index (κ3) is 5.92. The number of ether oxygens (including phenoxy) is 2. The monoisotopic (exact) mass is 340 g/mol. The van der Waals surface area contributed by atoms with E-state index < -0.39 is 0 Å². The van der Waals surface area contributed by atoms with Crippen molar-refractivity contribution in [2.24, 2.45) is 10.2 Å². The third-order valence-corrected chi connectivity index (χ3v) is 4.00. The Balaban J connectivity index is 1.46. The van der Waals surface area contributed by atoms with Crippen molar-refractivity contribution < 1.29 is 9.47 Å². The summed E-state index contributed by atoms with van der Waals surface area (Å²) in [6.07, 6.45) is 1.79. The summed E-state index contributed by atoms with van der Waals surface area (Å²) in [5.41, 5.74) is 2.18. The van der Waals surface area contributed by atoms with Crippen LogP contribution in [0.1, 0.15) is 11.1 Å². The number of hydrogen-bond donors (Lipinski definition) is 0. The van der Waals surface area contributed by atoms with E-state index in [-0.39, 0.29) is 0 Å². The third-order valence-electron chi connectivity index (χ3n) is 4.00. The first-order chi connectivity index (χ1) is 12.3. The Bertz CT molecular complexity index is 682. The first-order valence-electron chi connectivity index (χ1n) is 8.61. The molecular weight excluding hydrogens is 316 g/mol. The van der Waals surface area contributed by atoms with E-state index in [4.69, 9.17) is 9.47 Å². The smallest absolute Gasteiger partial charge is 0.173 e. The Labute approximate surface area is 148 Å². The number of nitrogens with zero attached hydrogens (tertiary/aromatic N) is 4. The number of morpholine rings is 1. The van der Waals surface area contributed by atoms with Crippen LogP contribution in [0.5, 0.6) is 5.75 Å². The fourth-order valence-corrected chi connectivity index (χ4v) is 2.56. The maximum atomic E-state index is 5.86. The number of rotatable bonds is 7. The number of hydrogen-bond acceptors (Lipinski definition) is 6. The van der Waals surface area contributed by atoms with Gasteiger partial charge in [-0.15, -0.1) is 5.11 Å². The molecule has 0 radical (unpaired) electrons. The van der Waals surface area contributed by atoms with Gasteiger partial charge in [0.2, 0.25) is 0 Å². The molecule has 0 atom stereocenters. The lowest BCUT2D eigenvalue weighted by Gasteiger charge is -2.26. The maximum absolute atomic E-state index is 5.86. The van der Waals surface area contributed by atoms with Crippen molar-refractivity contribution in [3.05, 3.63) is 53.7 Å². The summed E-state index contributed by atoms with van der Waals surface area (Å²) in [7, 11) is 0. The van der Waals surface area contributed by atoms with Crippen molar-refractivity contribution in [2.75, 3.05) is 39.5 Å². The highest BCUT2D eigenvalue weighted by atomic mass is 16.5. The molecule has 0 bridgehead atoms. The normalized spacial score (nSPS) is 15.6. The lowest BCUT2D eigenvalue weighted by molar-refractivity contribution is 0.0322. The minimum atomic E-state index is 0.510. The van der Waals surface area contributed by atoms with Crippen LogP contribution in [0.2, 0.25) is 0 Å². The van der Waals surface area contributed by atoms with E-state index in [0.29, 0.717) is 19.0 Å². The number of pyridine rings is 1. The van der Waals surface area contributed by atoms with Gasteiger partial charge in [0, 0.05) is 25.8 Å². The highest BCUT2D eigenvalue weighted by Crippen LogP contribution is 2.15. The van der Waals surface area contributed by atoms with Crippen LogP contribution in [0.15, 0.2) is 52.8 Å². The molecule has 1 saturated heterocycles. The average molecular weight is 340 g/mol. The van der Waals surface area contributed by atoms with Gasteiger partial charge < -0.3 is 9.47 Å². The van der Waals surface area contributed by atoms with E-state index >= 15 is 0 Å². The first kappa shape index (κ1) is 17.5. The summed E-state index contributed by atoms with van der Waals surface area (Å²) in [4.78, 5) is 6.57. The molecule has 1 aliphatic rings. The Kier molecular flexibility index (Phi) is 6.48. The largest absolute Gasteiger partial charge is 0.492 e. The van der Waals surface area contributed by atoms with Gasteiger partial charge in [0.15, 0.2) is 5.82 Å². The molecule has 1 aromatic carbocycles. The van der Waals surface area contributed by atoms with Gasteiger partial charge in [-0.3, -0.25) is 4.90 Å². The molecule has 1 aromatic heterocycles. The fraction of sp³-hybridized carbons (Fsp3) is 0.421. The standard InChI is InChI=1S/C19H24N4O2/c1-16-5-6-19(20-14-16)22-21-15-17-3-2-4-18(13-17)25-12-9-23-7-10-24-11-8-23/h2-6,13-14H,7-12,15H2,1H3. The van der Waals surface area contributed by atoms with E-state index in [2.05, 4.69) is 20.1 Å². The maximum Gasteiger partial charge on any atom is 0.173 e. The zero-order chi connectivity index (χ0) is 17.3. The van der Waals surface area contributed by atoms with Crippen molar-refractivity contribution in [1.29, 1.82) is 0 Å². The molecule has 3 rings (SSSR count). The van der Waals surface area contributed by atoms with Gasteiger partial charge in [0.25, 0.3) is 0 Å². The predicted octanol–water partition coefficient (Wildman–Crippen LogP) is 3.38. The topological polar surface area (TPSA) is 59.3 Å². The summed E-state index contributed by atoms with van der Waals surface area (Å²) in [5, 5.41) is 8.37. The molecule has 6 heteroatoms. The Morgan fingerprint density at radius 2 is 2.08 bits per heavy atom. The molecule has 25 heavy (non-hydrogen) atoms. The molecule has 1 aliphatic heterocycles. The zero-order valence-corrected chi connectivity index (χ0v) is 14.6. The molecule has 2 aromatic rings. The molecule has 0 N–H and O–H groups in total. The van der Waals surface area contributed by atoms with Crippen LogP contribution in [0.4, 0.5) is 5.82 Å². The molecular formula is C19H24N4O2. The van der Waals surface area contributed by atoms with Crippen LogP contribution in [-0.2, 0) is 11.3 Å². The predicted molar refractivity (Wildman–Crippen MR) is 96.4 cm³/mol. The van der Waals surface area contributed by atoms with E-state index in [0.717, 1.165) is 49.7 Å². The lowest BCUT2D eigenvalue weighted by Crippen LogP contribution is -2.38. The van der Waals surface area contributed by atoms with Gasteiger partial charge >= 0.3 is 0 Å². The molecule has 2 heterocycles. The van der Waals surface area contributed by atoms with Crippen LogP contribution in [0, 0.1) is 6.92 Å². The molecule has 0 aliphatic carbocycles. The second-order valence-corrected chi connectivity index (χ2v) is 6.04.